The Morgan fingerprint density at radius 2 is 1.51 bits per heavy atom. The third kappa shape index (κ3) is 7.20. The first-order valence-corrected chi connectivity index (χ1v) is 16.6. The molecule has 2 aromatic carbocycles. The molecule has 0 spiro atoms. The predicted molar refractivity (Wildman–Crippen MR) is 169 cm³/mol. The molecule has 2 fully saturated rings. The molecule has 2 bridgehead atoms. The lowest BCUT2D eigenvalue weighted by Gasteiger charge is -2.54. The van der Waals surface area contributed by atoms with E-state index in [4.69, 9.17) is 40.0 Å². The average molecular weight is 655 g/mol. The molecule has 1 N–H and O–H groups in total. The first-order valence-electron chi connectivity index (χ1n) is 16.2. The Bertz CT molecular complexity index is 1270. The van der Waals surface area contributed by atoms with Gasteiger partial charge in [0.1, 0.15) is 18.3 Å². The standard InChI is InChI=1S/C35H49ClF2O7/c1-7-10-17-41-30-31(42-18-11-8-2)34(33(4,5)39)22-44-35(45-34,32(30)43-19-12-9-3)25-14-15-26(36)24(21-25)20-23-13-16-27(40-6)29(38)28(23)37/h13-16,21,30-32,39H,7-12,17-20,22H2,1-6H3/t30-,31-,32+,34-,35-/m0/s1. The monoisotopic (exact) mass is 654 g/mol. The van der Waals surface area contributed by atoms with E-state index in [9.17, 15) is 9.50 Å². The highest BCUT2D eigenvalue weighted by molar-refractivity contribution is 6.31. The first-order chi connectivity index (χ1) is 21.5. The Morgan fingerprint density at radius 3 is 2.11 bits per heavy atom. The largest absolute Gasteiger partial charge is 0.494 e. The number of benzene rings is 2. The van der Waals surface area contributed by atoms with E-state index >= 15 is 4.39 Å². The summed E-state index contributed by atoms with van der Waals surface area (Å²) in [7, 11) is 1.29. The second-order valence-corrected chi connectivity index (χ2v) is 12.9. The Kier molecular flexibility index (Phi) is 12.3. The molecule has 0 saturated carbocycles. The van der Waals surface area contributed by atoms with Crippen LogP contribution in [-0.4, -0.2) is 68.2 Å². The summed E-state index contributed by atoms with van der Waals surface area (Å²) in [5.41, 5.74) is -1.47. The fourth-order valence-electron chi connectivity index (χ4n) is 6.10. The molecule has 2 heterocycles. The summed E-state index contributed by atoms with van der Waals surface area (Å²) in [6, 6.07) is 8.13. The molecule has 0 unspecified atom stereocenters. The zero-order chi connectivity index (χ0) is 32.8. The molecule has 0 amide bonds. The smallest absolute Gasteiger partial charge is 0.225 e. The van der Waals surface area contributed by atoms with Crippen LogP contribution < -0.4 is 4.74 Å². The minimum atomic E-state index is -1.50. The molecule has 2 aromatic rings. The van der Waals surface area contributed by atoms with E-state index in [1.54, 1.807) is 32.0 Å². The maximum absolute atomic E-state index is 15.0. The van der Waals surface area contributed by atoms with Crippen LogP contribution in [0.3, 0.4) is 0 Å². The van der Waals surface area contributed by atoms with Gasteiger partial charge in [-0.1, -0.05) is 63.8 Å². The van der Waals surface area contributed by atoms with Crippen LogP contribution in [0.15, 0.2) is 30.3 Å². The van der Waals surface area contributed by atoms with Gasteiger partial charge in [-0.05, 0) is 62.4 Å². The number of methoxy groups -OCH3 is 1. The molecule has 2 aliphatic rings. The maximum Gasteiger partial charge on any atom is 0.225 e. The van der Waals surface area contributed by atoms with E-state index in [0.29, 0.717) is 36.0 Å². The molecular formula is C35H49ClF2O7. The van der Waals surface area contributed by atoms with Crippen LogP contribution in [0.4, 0.5) is 8.78 Å². The van der Waals surface area contributed by atoms with Crippen molar-refractivity contribution >= 4 is 11.6 Å². The average Bonchev–Trinajstić information content (AvgIpc) is 3.39. The maximum atomic E-state index is 15.0. The van der Waals surface area contributed by atoms with E-state index in [-0.39, 0.29) is 24.3 Å². The second kappa shape index (κ2) is 15.4. The highest BCUT2D eigenvalue weighted by Crippen LogP contribution is 2.56. The topological polar surface area (TPSA) is 75.6 Å². The van der Waals surface area contributed by atoms with Gasteiger partial charge in [0.15, 0.2) is 17.2 Å². The van der Waals surface area contributed by atoms with Crippen molar-refractivity contribution < 1.29 is 42.3 Å². The predicted octanol–water partition coefficient (Wildman–Crippen LogP) is 7.50. The van der Waals surface area contributed by atoms with E-state index in [0.717, 1.165) is 38.5 Å². The number of hydrogen-bond donors (Lipinski definition) is 1. The summed E-state index contributed by atoms with van der Waals surface area (Å²) in [6.07, 6.45) is 3.17. The Balaban J connectivity index is 1.84. The normalized spacial score (nSPS) is 26.4. The molecule has 0 aromatic heterocycles. The molecule has 10 heteroatoms. The van der Waals surface area contributed by atoms with Crippen molar-refractivity contribution in [3.63, 3.8) is 0 Å². The van der Waals surface area contributed by atoms with Crippen LogP contribution in [-0.2, 0) is 35.9 Å². The Hall–Kier alpha value is -1.85. The summed E-state index contributed by atoms with van der Waals surface area (Å²) in [5, 5.41) is 12.1. The van der Waals surface area contributed by atoms with E-state index in [1.165, 1.54) is 19.2 Å². The van der Waals surface area contributed by atoms with E-state index in [2.05, 4.69) is 20.8 Å². The van der Waals surface area contributed by atoms with Gasteiger partial charge < -0.3 is 33.5 Å². The number of hydrogen-bond acceptors (Lipinski definition) is 7. The lowest BCUT2D eigenvalue weighted by atomic mass is 9.74. The number of fused-ring (bicyclic) bond motifs is 2. The van der Waals surface area contributed by atoms with Crippen molar-refractivity contribution in [1.29, 1.82) is 0 Å². The van der Waals surface area contributed by atoms with Crippen LogP contribution in [0, 0.1) is 11.6 Å². The van der Waals surface area contributed by atoms with Gasteiger partial charge in [0.2, 0.25) is 11.6 Å². The summed E-state index contributed by atoms with van der Waals surface area (Å²) in [6.45, 7) is 11.0. The Morgan fingerprint density at radius 1 is 0.889 bits per heavy atom. The van der Waals surface area contributed by atoms with Crippen molar-refractivity contribution in [2.45, 2.75) is 115 Å². The van der Waals surface area contributed by atoms with E-state index in [1.807, 2.05) is 0 Å². The molecule has 7 nitrogen and oxygen atoms in total. The van der Waals surface area contributed by atoms with Crippen LogP contribution in [0.1, 0.15) is 89.8 Å². The number of unbranched alkanes of at least 4 members (excludes halogenated alkanes) is 3. The van der Waals surface area contributed by atoms with Crippen LogP contribution in [0.25, 0.3) is 0 Å². The molecule has 45 heavy (non-hydrogen) atoms. The fourth-order valence-corrected chi connectivity index (χ4v) is 6.29. The summed E-state index contributed by atoms with van der Waals surface area (Å²) in [5.74, 6) is -3.74. The van der Waals surface area contributed by atoms with Crippen LogP contribution in [0.2, 0.25) is 5.02 Å². The van der Waals surface area contributed by atoms with Crippen molar-refractivity contribution in [1.82, 2.24) is 0 Å². The lowest BCUT2D eigenvalue weighted by molar-refractivity contribution is -0.365. The quantitative estimate of drug-likeness (QED) is 0.177. The molecule has 2 saturated heterocycles. The number of rotatable bonds is 17. The van der Waals surface area contributed by atoms with E-state index < -0.39 is 46.9 Å². The highest BCUT2D eigenvalue weighted by atomic mass is 35.5. The molecule has 252 valence electrons. The fraction of sp³-hybridized carbons (Fsp3) is 0.657. The van der Waals surface area contributed by atoms with Gasteiger partial charge >= 0.3 is 0 Å². The van der Waals surface area contributed by atoms with Crippen molar-refractivity contribution in [3.05, 3.63) is 63.7 Å². The van der Waals surface area contributed by atoms with Crippen molar-refractivity contribution in [3.8, 4) is 5.75 Å². The zero-order valence-corrected chi connectivity index (χ0v) is 28.2. The third-order valence-electron chi connectivity index (χ3n) is 8.88. The van der Waals surface area contributed by atoms with Gasteiger partial charge in [0.25, 0.3) is 0 Å². The van der Waals surface area contributed by atoms with Gasteiger partial charge in [0, 0.05) is 36.8 Å². The number of ether oxygens (including phenoxy) is 6. The first kappa shape index (κ1) is 36.0. The van der Waals surface area contributed by atoms with Gasteiger partial charge in [0.05, 0.1) is 19.3 Å². The second-order valence-electron chi connectivity index (χ2n) is 12.5. The zero-order valence-electron chi connectivity index (χ0n) is 27.4. The van der Waals surface area contributed by atoms with Gasteiger partial charge in [-0.25, -0.2) is 4.39 Å². The third-order valence-corrected chi connectivity index (χ3v) is 9.24. The van der Waals surface area contributed by atoms with Crippen LogP contribution in [0.5, 0.6) is 5.75 Å². The molecule has 0 radical (unpaired) electrons. The summed E-state index contributed by atoms with van der Waals surface area (Å²) >= 11 is 6.64. The highest BCUT2D eigenvalue weighted by Gasteiger charge is 2.73. The SMILES string of the molecule is CCCCO[C@@H]1[C@@H](OCCCC)[C@@]2(c3ccc(Cl)c(Cc4ccc(OC)c(F)c4F)c3)OC[C@](C(C)(C)O)(O2)[C@H]1OCCCC. The number of halogens is 3. The van der Waals surface area contributed by atoms with Crippen molar-refractivity contribution in [2.75, 3.05) is 33.5 Å². The summed E-state index contributed by atoms with van der Waals surface area (Å²) < 4.78 is 67.9. The summed E-state index contributed by atoms with van der Waals surface area (Å²) in [4.78, 5) is 0. The minimum absolute atomic E-state index is 0.00662. The van der Waals surface area contributed by atoms with Gasteiger partial charge in [-0.3, -0.25) is 0 Å². The molecule has 0 aliphatic carbocycles. The lowest BCUT2D eigenvalue weighted by Crippen LogP contribution is -2.72. The van der Waals surface area contributed by atoms with Crippen molar-refractivity contribution in [2.24, 2.45) is 0 Å². The number of aliphatic hydroxyl groups is 1. The molecule has 2 aliphatic heterocycles. The molecule has 4 rings (SSSR count). The van der Waals surface area contributed by atoms with Gasteiger partial charge in [-0.2, -0.15) is 4.39 Å². The van der Waals surface area contributed by atoms with Crippen LogP contribution >= 0.6 is 11.6 Å². The minimum Gasteiger partial charge on any atom is -0.494 e. The molecule has 5 atom stereocenters. The Labute approximate surface area is 271 Å². The molecular weight excluding hydrogens is 606 g/mol. The van der Waals surface area contributed by atoms with Gasteiger partial charge in [-0.15, -0.1) is 0 Å².